The maximum atomic E-state index is 11.7. The highest BCUT2D eigenvalue weighted by Crippen LogP contribution is 2.26. The van der Waals surface area contributed by atoms with E-state index in [0.717, 1.165) is 17.7 Å². The molecule has 1 radical (unpaired) electrons. The first-order valence-corrected chi connectivity index (χ1v) is 5.08. The predicted octanol–water partition coefficient (Wildman–Crippen LogP) is 0.939. The molecular weight excluding hydrogens is 206 g/mol. The van der Waals surface area contributed by atoms with Gasteiger partial charge in [-0.2, -0.15) is 0 Å². The van der Waals surface area contributed by atoms with E-state index >= 15 is 0 Å². The highest BCUT2D eigenvalue weighted by molar-refractivity contribution is 6.00. The van der Waals surface area contributed by atoms with Gasteiger partial charge in [-0.1, -0.05) is 12.1 Å². The molecule has 1 aromatic carbocycles. The smallest absolute Gasteiger partial charge is 0.325 e. The van der Waals surface area contributed by atoms with Gasteiger partial charge in [-0.3, -0.25) is 9.59 Å². The first kappa shape index (κ1) is 10.7. The molecule has 0 saturated heterocycles. The third kappa shape index (κ3) is 1.91. The molecule has 4 heteroatoms. The molecule has 1 aliphatic heterocycles. The number of ether oxygens (including phenoxy) is 1. The summed E-state index contributed by atoms with van der Waals surface area (Å²) in [6.07, 6.45) is 1.16. The predicted molar refractivity (Wildman–Crippen MR) is 58.0 cm³/mol. The van der Waals surface area contributed by atoms with Crippen LogP contribution in [0.5, 0.6) is 0 Å². The second kappa shape index (κ2) is 4.35. The number of carbonyl (C=O) groups excluding carboxylic acids is 2. The molecule has 0 bridgehead atoms. The Hall–Kier alpha value is -1.84. The maximum Gasteiger partial charge on any atom is 0.325 e. The summed E-state index contributed by atoms with van der Waals surface area (Å²) in [7, 11) is 1.31. The van der Waals surface area contributed by atoms with E-state index in [-0.39, 0.29) is 12.5 Å². The van der Waals surface area contributed by atoms with Gasteiger partial charge < -0.3 is 9.64 Å². The molecule has 1 amide bonds. The van der Waals surface area contributed by atoms with E-state index in [2.05, 4.69) is 10.8 Å². The number of methoxy groups -OCH3 is 1. The van der Waals surface area contributed by atoms with Crippen LogP contribution in [0.25, 0.3) is 0 Å². The van der Waals surface area contributed by atoms with Gasteiger partial charge in [0.1, 0.15) is 6.54 Å². The highest BCUT2D eigenvalue weighted by Gasteiger charge is 2.25. The number of carbonyl (C=O) groups is 2. The molecule has 4 nitrogen and oxygen atoms in total. The van der Waals surface area contributed by atoms with Gasteiger partial charge in [0, 0.05) is 12.1 Å². The van der Waals surface area contributed by atoms with Crippen molar-refractivity contribution in [3.8, 4) is 0 Å². The first-order chi connectivity index (χ1) is 7.72. The molecular formula is C12H12NO3. The van der Waals surface area contributed by atoms with E-state index in [1.165, 1.54) is 12.0 Å². The summed E-state index contributed by atoms with van der Waals surface area (Å²) in [5.74, 6) is -0.456. The van der Waals surface area contributed by atoms with Crippen molar-refractivity contribution in [1.29, 1.82) is 0 Å². The fraction of sp³-hybridized carbons (Fsp3) is 0.333. The van der Waals surface area contributed by atoms with Gasteiger partial charge in [0.25, 0.3) is 0 Å². The lowest BCUT2D eigenvalue weighted by atomic mass is 10.0. The van der Waals surface area contributed by atoms with Crippen molar-refractivity contribution in [2.75, 3.05) is 18.6 Å². The second-order valence-corrected chi connectivity index (χ2v) is 3.61. The van der Waals surface area contributed by atoms with Crippen molar-refractivity contribution >= 4 is 17.6 Å². The molecule has 0 fully saturated rings. The summed E-state index contributed by atoms with van der Waals surface area (Å²) in [5.41, 5.74) is 1.84. The van der Waals surface area contributed by atoms with Gasteiger partial charge in [0.15, 0.2) is 0 Å². The molecule has 0 unspecified atom stereocenters. The van der Waals surface area contributed by atoms with Crippen molar-refractivity contribution in [2.24, 2.45) is 0 Å². The number of esters is 1. The van der Waals surface area contributed by atoms with Crippen molar-refractivity contribution in [3.05, 3.63) is 29.8 Å². The fourth-order valence-corrected chi connectivity index (χ4v) is 1.79. The Bertz CT molecular complexity index is 428. The lowest BCUT2D eigenvalue weighted by molar-refractivity contribution is -0.140. The van der Waals surface area contributed by atoms with Crippen LogP contribution in [0.4, 0.5) is 5.69 Å². The zero-order chi connectivity index (χ0) is 11.5. The molecule has 0 saturated carbocycles. The molecule has 83 valence electrons. The van der Waals surface area contributed by atoms with Gasteiger partial charge >= 0.3 is 5.97 Å². The van der Waals surface area contributed by atoms with Crippen molar-refractivity contribution in [1.82, 2.24) is 0 Å². The molecule has 1 heterocycles. The fourth-order valence-electron chi connectivity index (χ4n) is 1.79. The van der Waals surface area contributed by atoms with Gasteiger partial charge in [-0.05, 0) is 24.1 Å². The number of nitrogens with zero attached hydrogens (tertiary/aromatic N) is 1. The molecule has 16 heavy (non-hydrogen) atoms. The Kier molecular flexibility index (Phi) is 2.90. The van der Waals surface area contributed by atoms with E-state index in [1.807, 2.05) is 12.1 Å². The average molecular weight is 218 g/mol. The van der Waals surface area contributed by atoms with Gasteiger partial charge in [0.05, 0.1) is 7.11 Å². The third-order valence-corrected chi connectivity index (χ3v) is 2.64. The van der Waals surface area contributed by atoms with Crippen LogP contribution < -0.4 is 4.90 Å². The van der Waals surface area contributed by atoms with E-state index in [9.17, 15) is 9.59 Å². The minimum atomic E-state index is -0.412. The Labute approximate surface area is 93.8 Å². The van der Waals surface area contributed by atoms with Gasteiger partial charge in [-0.25, -0.2) is 0 Å². The Morgan fingerprint density at radius 2 is 2.38 bits per heavy atom. The monoisotopic (exact) mass is 218 g/mol. The standard InChI is InChI=1S/C12H12NO3/c1-16-12(15)8-13-10-5-3-2-4-9(10)6-7-11(13)14/h2,4-5H,6-8H2,1H3. The van der Waals surface area contributed by atoms with E-state index in [1.54, 1.807) is 6.07 Å². The topological polar surface area (TPSA) is 46.6 Å². The van der Waals surface area contributed by atoms with Crippen molar-refractivity contribution in [2.45, 2.75) is 12.8 Å². The molecule has 1 aromatic rings. The molecule has 0 spiro atoms. The lowest BCUT2D eigenvalue weighted by Gasteiger charge is -2.28. The number of benzene rings is 1. The van der Waals surface area contributed by atoms with Crippen LogP contribution in [0.1, 0.15) is 12.0 Å². The zero-order valence-corrected chi connectivity index (χ0v) is 9.03. The summed E-state index contributed by atoms with van der Waals surface area (Å²) < 4.78 is 4.57. The van der Waals surface area contributed by atoms with Gasteiger partial charge in [-0.15, -0.1) is 0 Å². The highest BCUT2D eigenvalue weighted by atomic mass is 16.5. The van der Waals surface area contributed by atoms with Crippen LogP contribution in [0.2, 0.25) is 0 Å². The van der Waals surface area contributed by atoms with Gasteiger partial charge in [0.2, 0.25) is 5.91 Å². The van der Waals surface area contributed by atoms with Crippen LogP contribution in [-0.2, 0) is 20.7 Å². The summed E-state index contributed by atoms with van der Waals surface area (Å²) in [4.78, 5) is 24.4. The summed E-state index contributed by atoms with van der Waals surface area (Å²) in [5, 5.41) is 0. The summed E-state index contributed by atoms with van der Waals surface area (Å²) >= 11 is 0. The van der Waals surface area contributed by atoms with Crippen LogP contribution >= 0.6 is 0 Å². The molecule has 2 rings (SSSR count). The quantitative estimate of drug-likeness (QED) is 0.694. The Morgan fingerprint density at radius 1 is 1.56 bits per heavy atom. The average Bonchev–Trinajstić information content (AvgIpc) is 2.32. The van der Waals surface area contributed by atoms with Crippen LogP contribution in [0.15, 0.2) is 18.2 Å². The number of amides is 1. The molecule has 0 N–H and O–H groups in total. The summed E-state index contributed by atoms with van der Waals surface area (Å²) in [6.45, 7) is -0.0276. The maximum absolute atomic E-state index is 11.7. The number of hydrogen-bond acceptors (Lipinski definition) is 3. The van der Waals surface area contributed by atoms with Crippen LogP contribution in [0, 0.1) is 6.07 Å². The zero-order valence-electron chi connectivity index (χ0n) is 9.03. The minimum Gasteiger partial charge on any atom is -0.468 e. The molecule has 0 aliphatic carbocycles. The Morgan fingerprint density at radius 3 is 3.12 bits per heavy atom. The first-order valence-electron chi connectivity index (χ1n) is 5.08. The minimum absolute atomic E-state index is 0.0276. The second-order valence-electron chi connectivity index (χ2n) is 3.61. The third-order valence-electron chi connectivity index (χ3n) is 2.64. The largest absolute Gasteiger partial charge is 0.468 e. The van der Waals surface area contributed by atoms with Crippen molar-refractivity contribution < 1.29 is 14.3 Å². The van der Waals surface area contributed by atoms with E-state index in [0.29, 0.717) is 6.42 Å². The SMILES string of the molecule is COC(=O)CN1C(=O)CCc2cc[c]cc21. The van der Waals surface area contributed by atoms with Crippen LogP contribution in [-0.4, -0.2) is 25.5 Å². The van der Waals surface area contributed by atoms with Crippen molar-refractivity contribution in [3.63, 3.8) is 0 Å². The number of hydrogen-bond donors (Lipinski definition) is 0. The van der Waals surface area contributed by atoms with Crippen LogP contribution in [0.3, 0.4) is 0 Å². The number of anilines is 1. The van der Waals surface area contributed by atoms with E-state index in [4.69, 9.17) is 0 Å². The molecule has 0 aromatic heterocycles. The number of aryl methyl sites for hydroxylation is 1. The summed E-state index contributed by atoms with van der Waals surface area (Å²) in [6, 6.07) is 8.38. The number of fused-ring (bicyclic) bond motifs is 1. The lowest BCUT2D eigenvalue weighted by Crippen LogP contribution is -2.39. The van der Waals surface area contributed by atoms with E-state index < -0.39 is 5.97 Å². The normalized spacial score (nSPS) is 14.6. The molecule has 1 aliphatic rings. The molecule has 0 atom stereocenters. The number of rotatable bonds is 2. The Balaban J connectivity index is 2.29.